The van der Waals surface area contributed by atoms with Crippen molar-refractivity contribution in [3.05, 3.63) is 11.9 Å². The maximum atomic E-state index is 11.6. The highest BCUT2D eigenvalue weighted by atomic mass is 16.4. The number of hydrogen-bond donors (Lipinski definition) is 4. The molecular weight excluding hydrogens is 254 g/mol. The van der Waals surface area contributed by atoms with Crippen molar-refractivity contribution in [2.75, 3.05) is 5.32 Å². The highest BCUT2D eigenvalue weighted by Gasteiger charge is 2.22. The van der Waals surface area contributed by atoms with Gasteiger partial charge in [0.05, 0.1) is 17.8 Å². The summed E-state index contributed by atoms with van der Waals surface area (Å²) < 4.78 is 1.50. The summed E-state index contributed by atoms with van der Waals surface area (Å²) in [6.45, 7) is 1.69. The number of nitrogens with zero attached hydrogens (tertiary/aromatic N) is 2. The molecule has 0 aliphatic rings. The third-order valence-corrected chi connectivity index (χ3v) is 2.27. The Morgan fingerprint density at radius 3 is 2.58 bits per heavy atom. The van der Waals surface area contributed by atoms with Gasteiger partial charge in [-0.25, -0.2) is 9.59 Å². The highest BCUT2D eigenvalue weighted by molar-refractivity contribution is 5.94. The zero-order valence-corrected chi connectivity index (χ0v) is 10.5. The minimum atomic E-state index is -1.37. The summed E-state index contributed by atoms with van der Waals surface area (Å²) in [6.07, 6.45) is 1.09. The maximum Gasteiger partial charge on any atom is 0.326 e. The number of carboxylic acid groups (broad SMARTS) is 1. The summed E-state index contributed by atoms with van der Waals surface area (Å²) in [5.41, 5.74) is 5.93. The minimum absolute atomic E-state index is 0.447. The molecule has 1 atom stereocenters. The molecule has 0 aliphatic heterocycles. The van der Waals surface area contributed by atoms with Gasteiger partial charge in [0.2, 0.25) is 5.91 Å². The summed E-state index contributed by atoms with van der Waals surface area (Å²) in [4.78, 5) is 33.1. The Morgan fingerprint density at radius 1 is 1.53 bits per heavy atom. The van der Waals surface area contributed by atoms with E-state index in [4.69, 9.17) is 10.8 Å². The second-order valence-electron chi connectivity index (χ2n) is 3.96. The zero-order chi connectivity index (χ0) is 14.6. The van der Waals surface area contributed by atoms with Crippen molar-refractivity contribution >= 4 is 23.6 Å². The lowest BCUT2D eigenvalue weighted by Crippen LogP contribution is -2.45. The van der Waals surface area contributed by atoms with Crippen LogP contribution in [0.4, 0.5) is 10.5 Å². The number of nitrogens with one attached hydrogen (secondary N) is 2. The number of carbonyl (C=O) groups is 3. The quantitative estimate of drug-likeness (QED) is 0.553. The first-order valence-corrected chi connectivity index (χ1v) is 5.38. The van der Waals surface area contributed by atoms with Gasteiger partial charge in [0.1, 0.15) is 6.04 Å². The number of primary amides is 1. The number of amides is 3. The van der Waals surface area contributed by atoms with Crippen molar-refractivity contribution in [1.29, 1.82) is 0 Å². The van der Waals surface area contributed by atoms with E-state index in [1.165, 1.54) is 4.68 Å². The van der Waals surface area contributed by atoms with Crippen LogP contribution in [0.15, 0.2) is 6.20 Å². The van der Waals surface area contributed by atoms with Crippen LogP contribution in [0.2, 0.25) is 0 Å². The van der Waals surface area contributed by atoms with Gasteiger partial charge in [-0.2, -0.15) is 5.10 Å². The average Bonchev–Trinajstić information content (AvgIpc) is 2.55. The SMILES string of the molecule is Cc1nn(C)cc1NC(=O)N[C@H](CC(N)=O)C(=O)O. The van der Waals surface area contributed by atoms with E-state index in [1.54, 1.807) is 20.2 Å². The number of aryl methyl sites for hydroxylation is 2. The molecule has 0 aromatic carbocycles. The molecular formula is C10H15N5O4. The lowest BCUT2D eigenvalue weighted by molar-refractivity contribution is -0.140. The fourth-order valence-electron chi connectivity index (χ4n) is 1.44. The molecule has 0 saturated carbocycles. The van der Waals surface area contributed by atoms with E-state index in [1.807, 2.05) is 0 Å². The zero-order valence-electron chi connectivity index (χ0n) is 10.5. The number of anilines is 1. The smallest absolute Gasteiger partial charge is 0.326 e. The standard InChI is InChI=1S/C10H15N5O4/c1-5-7(4-15(2)14-5)13-10(19)12-6(9(17)18)3-8(11)16/h4,6H,3H2,1-2H3,(H2,11,16)(H,17,18)(H2,12,13,19)/t6-/m1/s1. The molecule has 0 unspecified atom stereocenters. The van der Waals surface area contributed by atoms with Crippen molar-refractivity contribution < 1.29 is 19.5 Å². The first-order chi connectivity index (χ1) is 8.79. The van der Waals surface area contributed by atoms with Crippen LogP contribution in [-0.2, 0) is 16.6 Å². The molecule has 1 aromatic rings. The molecule has 19 heavy (non-hydrogen) atoms. The summed E-state index contributed by atoms with van der Waals surface area (Å²) in [5.74, 6) is -2.15. The Kier molecular flexibility index (Phi) is 4.46. The van der Waals surface area contributed by atoms with Gasteiger partial charge in [-0.1, -0.05) is 0 Å². The van der Waals surface area contributed by atoms with Gasteiger partial charge in [-0.3, -0.25) is 9.48 Å². The predicted molar refractivity (Wildman–Crippen MR) is 65.3 cm³/mol. The molecule has 5 N–H and O–H groups in total. The van der Waals surface area contributed by atoms with Crippen molar-refractivity contribution in [3.8, 4) is 0 Å². The molecule has 0 spiro atoms. The van der Waals surface area contributed by atoms with Crippen molar-refractivity contribution in [3.63, 3.8) is 0 Å². The number of nitrogens with two attached hydrogens (primary N) is 1. The Hall–Kier alpha value is -2.58. The molecule has 1 rings (SSSR count). The van der Waals surface area contributed by atoms with Crippen LogP contribution in [0.1, 0.15) is 12.1 Å². The third-order valence-electron chi connectivity index (χ3n) is 2.27. The van der Waals surface area contributed by atoms with E-state index in [0.717, 1.165) is 0 Å². The van der Waals surface area contributed by atoms with Crippen LogP contribution in [0.3, 0.4) is 0 Å². The minimum Gasteiger partial charge on any atom is -0.480 e. The second kappa shape index (κ2) is 5.85. The lowest BCUT2D eigenvalue weighted by atomic mass is 10.2. The molecule has 104 valence electrons. The monoisotopic (exact) mass is 269 g/mol. The van der Waals surface area contributed by atoms with Crippen molar-refractivity contribution in [2.45, 2.75) is 19.4 Å². The summed E-state index contributed by atoms with van der Waals surface area (Å²) >= 11 is 0. The van der Waals surface area contributed by atoms with Crippen LogP contribution < -0.4 is 16.4 Å². The molecule has 1 aromatic heterocycles. The molecule has 0 bridgehead atoms. The van der Waals surface area contributed by atoms with E-state index >= 15 is 0 Å². The van der Waals surface area contributed by atoms with E-state index in [2.05, 4.69) is 15.7 Å². The van der Waals surface area contributed by atoms with Crippen molar-refractivity contribution in [1.82, 2.24) is 15.1 Å². The molecule has 9 heteroatoms. The van der Waals surface area contributed by atoms with Gasteiger partial charge in [0.25, 0.3) is 0 Å². The molecule has 0 aliphatic carbocycles. The third kappa shape index (κ3) is 4.30. The largest absolute Gasteiger partial charge is 0.480 e. The molecule has 3 amide bonds. The first kappa shape index (κ1) is 14.5. The summed E-state index contributed by atoms with van der Waals surface area (Å²) in [5, 5.41) is 17.4. The fraction of sp³-hybridized carbons (Fsp3) is 0.400. The second-order valence-corrected chi connectivity index (χ2v) is 3.96. The number of carboxylic acids is 1. The molecule has 0 saturated heterocycles. The van der Waals surface area contributed by atoms with E-state index in [9.17, 15) is 14.4 Å². The Balaban J connectivity index is 2.65. The topological polar surface area (TPSA) is 139 Å². The van der Waals surface area contributed by atoms with Gasteiger partial charge >= 0.3 is 12.0 Å². The number of hydrogen-bond acceptors (Lipinski definition) is 4. The number of rotatable bonds is 5. The van der Waals surface area contributed by atoms with Crippen LogP contribution in [0.25, 0.3) is 0 Å². The maximum absolute atomic E-state index is 11.6. The van der Waals surface area contributed by atoms with Crippen LogP contribution in [0.5, 0.6) is 0 Å². The number of carbonyl (C=O) groups excluding carboxylic acids is 2. The normalized spacial score (nSPS) is 11.7. The predicted octanol–water partition coefficient (Wildman–Crippen LogP) is -0.821. The number of aliphatic carboxylic acids is 1. The number of urea groups is 1. The van der Waals surface area contributed by atoms with Gasteiger partial charge in [-0.05, 0) is 6.92 Å². The van der Waals surface area contributed by atoms with Gasteiger partial charge in [0.15, 0.2) is 0 Å². The van der Waals surface area contributed by atoms with Gasteiger partial charge in [0, 0.05) is 13.2 Å². The van der Waals surface area contributed by atoms with Gasteiger partial charge in [-0.15, -0.1) is 0 Å². The number of aromatic nitrogens is 2. The Labute approximate surface area is 108 Å². The summed E-state index contributed by atoms with van der Waals surface area (Å²) in [7, 11) is 1.68. The highest BCUT2D eigenvalue weighted by Crippen LogP contribution is 2.10. The van der Waals surface area contributed by atoms with E-state index in [-0.39, 0.29) is 0 Å². The van der Waals surface area contributed by atoms with Crippen LogP contribution in [0, 0.1) is 6.92 Å². The molecule has 1 heterocycles. The average molecular weight is 269 g/mol. The van der Waals surface area contributed by atoms with E-state index < -0.39 is 30.4 Å². The van der Waals surface area contributed by atoms with E-state index in [0.29, 0.717) is 11.4 Å². The van der Waals surface area contributed by atoms with Gasteiger partial charge < -0.3 is 21.5 Å². The first-order valence-electron chi connectivity index (χ1n) is 5.38. The Bertz CT molecular complexity index is 510. The fourth-order valence-corrected chi connectivity index (χ4v) is 1.44. The lowest BCUT2D eigenvalue weighted by Gasteiger charge is -2.13. The summed E-state index contributed by atoms with van der Waals surface area (Å²) in [6, 6.07) is -2.11. The molecule has 9 nitrogen and oxygen atoms in total. The molecule has 0 fully saturated rings. The Morgan fingerprint density at radius 2 is 2.16 bits per heavy atom. The van der Waals surface area contributed by atoms with Crippen LogP contribution >= 0.6 is 0 Å². The van der Waals surface area contributed by atoms with Crippen molar-refractivity contribution in [2.24, 2.45) is 12.8 Å². The van der Waals surface area contributed by atoms with Crippen LogP contribution in [-0.4, -0.2) is 38.8 Å². The molecule has 0 radical (unpaired) electrons.